The summed E-state index contributed by atoms with van der Waals surface area (Å²) >= 11 is 6.10. The number of halogens is 1. The standard InChI is InChI=1S/C14H19ClN6/c1-2-11-6-4-3-5-8-21(11)14-18-12(15)17-13(19-14)20-9-7-16-10-20/h7,9-11H,2-6,8H2,1H3. The first-order chi connectivity index (χ1) is 10.3. The van der Waals surface area contributed by atoms with E-state index in [-0.39, 0.29) is 5.28 Å². The third-order valence-electron chi connectivity index (χ3n) is 3.93. The Kier molecular flexibility index (Phi) is 4.34. The summed E-state index contributed by atoms with van der Waals surface area (Å²) in [6.45, 7) is 3.19. The number of aromatic nitrogens is 5. The van der Waals surface area contributed by atoms with Gasteiger partial charge in [-0.25, -0.2) is 4.98 Å². The molecular formula is C14H19ClN6. The molecule has 0 aromatic carbocycles. The molecule has 112 valence electrons. The monoisotopic (exact) mass is 306 g/mol. The van der Waals surface area contributed by atoms with Crippen LogP contribution < -0.4 is 4.90 Å². The zero-order chi connectivity index (χ0) is 14.7. The Bertz CT molecular complexity index is 585. The highest BCUT2D eigenvalue weighted by Gasteiger charge is 2.23. The number of nitrogens with zero attached hydrogens (tertiary/aromatic N) is 6. The van der Waals surface area contributed by atoms with Crippen molar-refractivity contribution in [3.05, 3.63) is 24.0 Å². The Morgan fingerprint density at radius 2 is 2.05 bits per heavy atom. The van der Waals surface area contributed by atoms with Gasteiger partial charge in [0.05, 0.1) is 0 Å². The molecule has 1 aliphatic rings. The molecule has 1 atom stereocenters. The van der Waals surface area contributed by atoms with Gasteiger partial charge in [0, 0.05) is 25.0 Å². The average Bonchev–Trinajstić information content (AvgIpc) is 2.91. The van der Waals surface area contributed by atoms with Gasteiger partial charge in [0.1, 0.15) is 6.33 Å². The van der Waals surface area contributed by atoms with Crippen molar-refractivity contribution < 1.29 is 0 Å². The van der Waals surface area contributed by atoms with E-state index in [4.69, 9.17) is 11.6 Å². The van der Waals surface area contributed by atoms with Gasteiger partial charge in [0.2, 0.25) is 17.2 Å². The number of rotatable bonds is 3. The average molecular weight is 307 g/mol. The first kappa shape index (κ1) is 14.3. The maximum absolute atomic E-state index is 6.10. The van der Waals surface area contributed by atoms with Crippen LogP contribution in [0.5, 0.6) is 0 Å². The van der Waals surface area contributed by atoms with Crippen LogP contribution >= 0.6 is 11.6 Å². The predicted molar refractivity (Wildman–Crippen MR) is 81.9 cm³/mol. The van der Waals surface area contributed by atoms with Crippen molar-refractivity contribution in [2.75, 3.05) is 11.4 Å². The summed E-state index contributed by atoms with van der Waals surface area (Å²) < 4.78 is 1.75. The normalized spacial score (nSPS) is 19.5. The summed E-state index contributed by atoms with van der Waals surface area (Å²) in [5.41, 5.74) is 0. The van der Waals surface area contributed by atoms with E-state index in [2.05, 4.69) is 31.8 Å². The molecule has 0 N–H and O–H groups in total. The quantitative estimate of drug-likeness (QED) is 0.872. The number of hydrogen-bond acceptors (Lipinski definition) is 5. The summed E-state index contributed by atoms with van der Waals surface area (Å²) in [5, 5.41) is 0.225. The Labute approximate surface area is 129 Å². The van der Waals surface area contributed by atoms with Gasteiger partial charge in [0.15, 0.2) is 0 Å². The van der Waals surface area contributed by atoms with Gasteiger partial charge in [-0.05, 0) is 30.9 Å². The van der Waals surface area contributed by atoms with Crippen LogP contribution in [0.2, 0.25) is 5.28 Å². The van der Waals surface area contributed by atoms with Gasteiger partial charge in [-0.3, -0.25) is 4.57 Å². The van der Waals surface area contributed by atoms with Gasteiger partial charge < -0.3 is 4.90 Å². The third-order valence-corrected chi connectivity index (χ3v) is 4.09. The van der Waals surface area contributed by atoms with Crippen molar-refractivity contribution in [2.45, 2.75) is 45.1 Å². The van der Waals surface area contributed by atoms with Crippen LogP contribution in [0, 0.1) is 0 Å². The lowest BCUT2D eigenvalue weighted by Crippen LogP contribution is -2.36. The van der Waals surface area contributed by atoms with Crippen molar-refractivity contribution in [3.8, 4) is 5.95 Å². The highest BCUT2D eigenvalue weighted by atomic mass is 35.5. The minimum atomic E-state index is 0.225. The fraction of sp³-hybridized carbons (Fsp3) is 0.571. The topological polar surface area (TPSA) is 59.7 Å². The smallest absolute Gasteiger partial charge is 0.241 e. The fourth-order valence-electron chi connectivity index (χ4n) is 2.82. The molecule has 3 rings (SSSR count). The van der Waals surface area contributed by atoms with E-state index in [0.29, 0.717) is 17.9 Å². The molecule has 0 amide bonds. The van der Waals surface area contributed by atoms with E-state index in [0.717, 1.165) is 13.0 Å². The summed E-state index contributed by atoms with van der Waals surface area (Å²) in [5.74, 6) is 1.19. The number of anilines is 1. The molecule has 0 spiro atoms. The van der Waals surface area contributed by atoms with Crippen LogP contribution in [-0.4, -0.2) is 37.1 Å². The SMILES string of the molecule is CCC1CCCCCN1c1nc(Cl)nc(-n2ccnc2)n1. The summed E-state index contributed by atoms with van der Waals surface area (Å²) in [6, 6.07) is 0.474. The Morgan fingerprint density at radius 1 is 1.19 bits per heavy atom. The molecular weight excluding hydrogens is 288 g/mol. The van der Waals surface area contributed by atoms with Crippen molar-refractivity contribution in [3.63, 3.8) is 0 Å². The molecule has 0 bridgehead atoms. The molecule has 0 aliphatic carbocycles. The summed E-state index contributed by atoms with van der Waals surface area (Å²) in [4.78, 5) is 19.4. The molecule has 1 saturated heterocycles. The van der Waals surface area contributed by atoms with Gasteiger partial charge in [-0.2, -0.15) is 15.0 Å². The first-order valence-corrected chi connectivity index (χ1v) is 7.82. The fourth-order valence-corrected chi connectivity index (χ4v) is 2.97. The molecule has 0 radical (unpaired) electrons. The molecule has 7 heteroatoms. The predicted octanol–water partition coefficient (Wildman–Crippen LogP) is 2.87. The Balaban J connectivity index is 1.96. The van der Waals surface area contributed by atoms with Gasteiger partial charge in [-0.15, -0.1) is 0 Å². The van der Waals surface area contributed by atoms with Crippen LogP contribution in [0.1, 0.15) is 39.0 Å². The highest BCUT2D eigenvalue weighted by Crippen LogP contribution is 2.24. The molecule has 0 saturated carbocycles. The van der Waals surface area contributed by atoms with Crippen LogP contribution in [0.3, 0.4) is 0 Å². The molecule has 2 aromatic heterocycles. The molecule has 3 heterocycles. The number of hydrogen-bond donors (Lipinski definition) is 0. The third kappa shape index (κ3) is 3.15. The van der Waals surface area contributed by atoms with E-state index in [1.807, 2.05) is 0 Å². The molecule has 21 heavy (non-hydrogen) atoms. The van der Waals surface area contributed by atoms with Crippen LogP contribution in [0.15, 0.2) is 18.7 Å². The lowest BCUT2D eigenvalue weighted by atomic mass is 10.1. The summed E-state index contributed by atoms with van der Waals surface area (Å²) in [7, 11) is 0. The van der Waals surface area contributed by atoms with Crippen molar-refractivity contribution in [1.82, 2.24) is 24.5 Å². The van der Waals surface area contributed by atoms with Crippen molar-refractivity contribution >= 4 is 17.5 Å². The molecule has 6 nitrogen and oxygen atoms in total. The largest absolute Gasteiger partial charge is 0.338 e. The minimum absolute atomic E-state index is 0.225. The van der Waals surface area contributed by atoms with Crippen LogP contribution in [-0.2, 0) is 0 Å². The molecule has 1 aliphatic heterocycles. The van der Waals surface area contributed by atoms with E-state index >= 15 is 0 Å². The van der Waals surface area contributed by atoms with Crippen LogP contribution in [0.25, 0.3) is 5.95 Å². The second-order valence-electron chi connectivity index (χ2n) is 5.28. The second kappa shape index (κ2) is 6.39. The van der Waals surface area contributed by atoms with Gasteiger partial charge in [-0.1, -0.05) is 19.8 Å². The highest BCUT2D eigenvalue weighted by molar-refractivity contribution is 6.28. The zero-order valence-corrected chi connectivity index (χ0v) is 12.9. The minimum Gasteiger partial charge on any atom is -0.338 e. The van der Waals surface area contributed by atoms with E-state index in [1.54, 1.807) is 23.3 Å². The second-order valence-corrected chi connectivity index (χ2v) is 5.62. The van der Waals surface area contributed by atoms with Crippen molar-refractivity contribution in [2.24, 2.45) is 0 Å². The molecule has 2 aromatic rings. The van der Waals surface area contributed by atoms with E-state index in [9.17, 15) is 0 Å². The van der Waals surface area contributed by atoms with E-state index < -0.39 is 0 Å². The van der Waals surface area contributed by atoms with Crippen LogP contribution in [0.4, 0.5) is 5.95 Å². The molecule has 1 unspecified atom stereocenters. The maximum atomic E-state index is 6.10. The number of imidazole rings is 1. The van der Waals surface area contributed by atoms with Gasteiger partial charge >= 0.3 is 0 Å². The lowest BCUT2D eigenvalue weighted by Gasteiger charge is -2.29. The van der Waals surface area contributed by atoms with Gasteiger partial charge in [0.25, 0.3) is 0 Å². The maximum Gasteiger partial charge on any atom is 0.241 e. The Morgan fingerprint density at radius 3 is 2.81 bits per heavy atom. The first-order valence-electron chi connectivity index (χ1n) is 7.44. The van der Waals surface area contributed by atoms with E-state index in [1.165, 1.54) is 25.7 Å². The Hall–Kier alpha value is -1.69. The molecule has 1 fully saturated rings. The summed E-state index contributed by atoms with van der Waals surface area (Å²) in [6.07, 6.45) is 11.1. The van der Waals surface area contributed by atoms with Crippen molar-refractivity contribution in [1.29, 1.82) is 0 Å². The zero-order valence-electron chi connectivity index (χ0n) is 12.1. The lowest BCUT2D eigenvalue weighted by molar-refractivity contribution is 0.546.